The number of nitrogens with one attached hydrogen (secondary N) is 1. The lowest BCUT2D eigenvalue weighted by molar-refractivity contribution is 0.452. The first-order valence-corrected chi connectivity index (χ1v) is 7.79. The van der Waals surface area contributed by atoms with Crippen molar-refractivity contribution in [1.29, 1.82) is 0 Å². The second-order valence-electron chi connectivity index (χ2n) is 4.86. The summed E-state index contributed by atoms with van der Waals surface area (Å²) in [7, 11) is 0. The molecule has 0 aliphatic carbocycles. The Hall–Kier alpha value is -1.16. The lowest BCUT2D eigenvalue weighted by atomic mass is 10.0. The molecule has 0 aliphatic rings. The molecular formula is C16H22N2S. The van der Waals surface area contributed by atoms with Crippen LogP contribution in [-0.2, 0) is 12.8 Å². The first kappa shape index (κ1) is 14.3. The summed E-state index contributed by atoms with van der Waals surface area (Å²) in [5, 5.41) is 2.13. The van der Waals surface area contributed by atoms with Crippen LogP contribution in [-0.4, -0.2) is 6.04 Å². The predicted molar refractivity (Wildman–Crippen MR) is 83.1 cm³/mol. The largest absolute Gasteiger partial charge is 0.271 e. The molecule has 1 aromatic carbocycles. The molecule has 0 aliphatic heterocycles. The van der Waals surface area contributed by atoms with Crippen molar-refractivity contribution in [2.75, 3.05) is 0 Å². The number of thiophene rings is 1. The molecule has 1 atom stereocenters. The lowest BCUT2D eigenvalue weighted by Crippen LogP contribution is -2.35. The summed E-state index contributed by atoms with van der Waals surface area (Å²) in [6.07, 6.45) is 5.70. The van der Waals surface area contributed by atoms with Crippen LogP contribution in [0.2, 0.25) is 0 Å². The van der Waals surface area contributed by atoms with Crippen LogP contribution in [0.5, 0.6) is 0 Å². The summed E-state index contributed by atoms with van der Waals surface area (Å²) in [6, 6.07) is 15.4. The lowest BCUT2D eigenvalue weighted by Gasteiger charge is -2.15. The van der Waals surface area contributed by atoms with Gasteiger partial charge in [-0.1, -0.05) is 36.4 Å². The zero-order chi connectivity index (χ0) is 13.3. The molecule has 19 heavy (non-hydrogen) atoms. The van der Waals surface area contributed by atoms with E-state index in [1.807, 2.05) is 11.3 Å². The Bertz CT molecular complexity index is 439. The van der Waals surface area contributed by atoms with Crippen LogP contribution >= 0.6 is 11.3 Å². The van der Waals surface area contributed by atoms with Gasteiger partial charge in [0.25, 0.3) is 0 Å². The smallest absolute Gasteiger partial charge is 0.0214 e. The normalized spacial score (nSPS) is 12.5. The van der Waals surface area contributed by atoms with E-state index in [-0.39, 0.29) is 0 Å². The molecule has 0 spiro atoms. The highest BCUT2D eigenvalue weighted by molar-refractivity contribution is 7.09. The van der Waals surface area contributed by atoms with Crippen LogP contribution < -0.4 is 11.3 Å². The van der Waals surface area contributed by atoms with Gasteiger partial charge in [-0.15, -0.1) is 11.3 Å². The van der Waals surface area contributed by atoms with Crippen molar-refractivity contribution in [1.82, 2.24) is 5.43 Å². The zero-order valence-corrected chi connectivity index (χ0v) is 12.0. The Balaban J connectivity index is 1.67. The van der Waals surface area contributed by atoms with Gasteiger partial charge in [0.15, 0.2) is 0 Å². The third-order valence-corrected chi connectivity index (χ3v) is 4.35. The summed E-state index contributed by atoms with van der Waals surface area (Å²) in [5.41, 5.74) is 4.37. The maximum absolute atomic E-state index is 5.65. The quantitative estimate of drug-likeness (QED) is 0.571. The molecule has 0 amide bonds. The van der Waals surface area contributed by atoms with E-state index in [0.29, 0.717) is 6.04 Å². The van der Waals surface area contributed by atoms with Gasteiger partial charge < -0.3 is 0 Å². The highest BCUT2D eigenvalue weighted by atomic mass is 32.1. The minimum Gasteiger partial charge on any atom is -0.271 e. The summed E-state index contributed by atoms with van der Waals surface area (Å²) < 4.78 is 0. The molecule has 2 aromatic rings. The zero-order valence-electron chi connectivity index (χ0n) is 11.2. The van der Waals surface area contributed by atoms with Crippen LogP contribution in [0.15, 0.2) is 47.8 Å². The standard InChI is InChI=1S/C16H22N2S/c17-18-15(11-12-16-10-5-13-19-16)9-4-8-14-6-2-1-3-7-14/h1-3,5-7,10,13,15,18H,4,8-9,11-12,17H2. The third kappa shape index (κ3) is 5.15. The van der Waals surface area contributed by atoms with Gasteiger partial charge in [-0.2, -0.15) is 0 Å². The van der Waals surface area contributed by atoms with E-state index in [1.54, 1.807) is 0 Å². The molecule has 3 heteroatoms. The Morgan fingerprint density at radius 1 is 1.00 bits per heavy atom. The van der Waals surface area contributed by atoms with E-state index in [0.717, 1.165) is 25.7 Å². The summed E-state index contributed by atoms with van der Waals surface area (Å²) in [4.78, 5) is 1.45. The molecule has 0 saturated heterocycles. The highest BCUT2D eigenvalue weighted by Gasteiger charge is 2.07. The monoisotopic (exact) mass is 274 g/mol. The first-order chi connectivity index (χ1) is 9.38. The number of benzene rings is 1. The Kier molecular flexibility index (Phi) is 6.08. The van der Waals surface area contributed by atoms with Crippen molar-refractivity contribution in [2.45, 2.75) is 38.1 Å². The van der Waals surface area contributed by atoms with E-state index in [1.165, 1.54) is 16.9 Å². The summed E-state index contributed by atoms with van der Waals surface area (Å²) in [6.45, 7) is 0. The Labute approximate surface area is 119 Å². The van der Waals surface area contributed by atoms with Gasteiger partial charge in [-0.25, -0.2) is 0 Å². The fraction of sp³-hybridized carbons (Fsp3) is 0.375. The molecule has 2 rings (SSSR count). The van der Waals surface area contributed by atoms with Crippen molar-refractivity contribution in [3.63, 3.8) is 0 Å². The number of aryl methyl sites for hydroxylation is 2. The van der Waals surface area contributed by atoms with Crippen LogP contribution in [0.1, 0.15) is 29.7 Å². The van der Waals surface area contributed by atoms with Crippen LogP contribution in [0, 0.1) is 0 Å². The molecule has 102 valence electrons. The number of hydrazine groups is 1. The summed E-state index contributed by atoms with van der Waals surface area (Å²) in [5.74, 6) is 5.65. The van der Waals surface area contributed by atoms with Crippen molar-refractivity contribution in [2.24, 2.45) is 5.84 Å². The maximum atomic E-state index is 5.65. The van der Waals surface area contributed by atoms with Crippen molar-refractivity contribution >= 4 is 11.3 Å². The van der Waals surface area contributed by atoms with Gasteiger partial charge >= 0.3 is 0 Å². The van der Waals surface area contributed by atoms with Gasteiger partial charge in [0.1, 0.15) is 0 Å². The Morgan fingerprint density at radius 2 is 1.84 bits per heavy atom. The number of hydrogen-bond acceptors (Lipinski definition) is 3. The van der Waals surface area contributed by atoms with Crippen LogP contribution in [0.3, 0.4) is 0 Å². The van der Waals surface area contributed by atoms with E-state index >= 15 is 0 Å². The maximum Gasteiger partial charge on any atom is 0.0214 e. The highest BCUT2D eigenvalue weighted by Crippen LogP contribution is 2.14. The number of hydrogen-bond donors (Lipinski definition) is 2. The molecule has 1 aromatic heterocycles. The second kappa shape index (κ2) is 8.10. The predicted octanol–water partition coefficient (Wildman–Crippen LogP) is 3.54. The fourth-order valence-electron chi connectivity index (χ4n) is 2.28. The molecule has 0 bridgehead atoms. The van der Waals surface area contributed by atoms with E-state index in [4.69, 9.17) is 5.84 Å². The molecule has 0 radical (unpaired) electrons. The van der Waals surface area contributed by atoms with Crippen molar-refractivity contribution < 1.29 is 0 Å². The molecular weight excluding hydrogens is 252 g/mol. The molecule has 2 nitrogen and oxygen atoms in total. The second-order valence-corrected chi connectivity index (χ2v) is 5.89. The van der Waals surface area contributed by atoms with Crippen LogP contribution in [0.25, 0.3) is 0 Å². The fourth-order valence-corrected chi connectivity index (χ4v) is 3.00. The van der Waals surface area contributed by atoms with Crippen LogP contribution in [0.4, 0.5) is 0 Å². The van der Waals surface area contributed by atoms with Crippen molar-refractivity contribution in [3.8, 4) is 0 Å². The average molecular weight is 274 g/mol. The van der Waals surface area contributed by atoms with E-state index in [9.17, 15) is 0 Å². The van der Waals surface area contributed by atoms with Crippen molar-refractivity contribution in [3.05, 3.63) is 58.3 Å². The molecule has 0 saturated carbocycles. The molecule has 0 fully saturated rings. The van der Waals surface area contributed by atoms with Gasteiger partial charge in [0.2, 0.25) is 0 Å². The third-order valence-electron chi connectivity index (χ3n) is 3.42. The van der Waals surface area contributed by atoms with Gasteiger partial charge in [-0.05, 0) is 49.1 Å². The Morgan fingerprint density at radius 3 is 2.53 bits per heavy atom. The minimum atomic E-state index is 0.422. The van der Waals surface area contributed by atoms with Gasteiger partial charge in [0, 0.05) is 10.9 Å². The molecule has 1 unspecified atom stereocenters. The number of rotatable bonds is 8. The molecule has 1 heterocycles. The van der Waals surface area contributed by atoms with E-state index < -0.39 is 0 Å². The first-order valence-electron chi connectivity index (χ1n) is 6.91. The average Bonchev–Trinajstić information content (AvgIpc) is 2.97. The minimum absolute atomic E-state index is 0.422. The van der Waals surface area contributed by atoms with E-state index in [2.05, 4.69) is 53.3 Å². The van der Waals surface area contributed by atoms with Gasteiger partial charge in [-0.3, -0.25) is 11.3 Å². The summed E-state index contributed by atoms with van der Waals surface area (Å²) >= 11 is 1.83. The SMILES string of the molecule is NNC(CCCc1ccccc1)CCc1cccs1. The topological polar surface area (TPSA) is 38.0 Å². The number of nitrogens with two attached hydrogens (primary N) is 1. The van der Waals surface area contributed by atoms with Gasteiger partial charge in [0.05, 0.1) is 0 Å². The molecule has 3 N–H and O–H groups in total.